The Morgan fingerprint density at radius 1 is 0.867 bits per heavy atom. The highest BCUT2D eigenvalue weighted by atomic mass is 32.2. The van der Waals surface area contributed by atoms with E-state index in [0.29, 0.717) is 16.5 Å². The van der Waals surface area contributed by atoms with Gasteiger partial charge in [-0.15, -0.1) is 0 Å². The molecule has 0 aromatic heterocycles. The molecule has 0 saturated carbocycles. The summed E-state index contributed by atoms with van der Waals surface area (Å²) in [5.41, 5.74) is 11.4. The topological polar surface area (TPSA) is 190 Å². The first-order valence-corrected chi connectivity index (χ1v) is 11.0. The zero-order valence-corrected chi connectivity index (χ0v) is 17.5. The number of phenolic OH excluding ortho intramolecular Hbond substituents is 1. The fourth-order valence-corrected chi connectivity index (χ4v) is 3.86. The minimum Gasteiger partial charge on any atom is -0.505 e. The first-order valence-electron chi connectivity index (χ1n) is 8.16. The Morgan fingerprint density at radius 2 is 1.47 bits per heavy atom. The first kappa shape index (κ1) is 23.2. The first-order chi connectivity index (χ1) is 13.8. The molecule has 3 aromatic rings. The average molecular weight is 456 g/mol. The van der Waals surface area contributed by atoms with E-state index >= 15 is 0 Å². The van der Waals surface area contributed by atoms with E-state index in [4.69, 9.17) is 25.3 Å². The summed E-state index contributed by atoms with van der Waals surface area (Å²) in [7, 11) is -7.33. The van der Waals surface area contributed by atoms with Crippen molar-refractivity contribution in [3.63, 3.8) is 0 Å². The molecule has 0 amide bonds. The third-order valence-electron chi connectivity index (χ3n) is 4.05. The molecule has 3 rings (SSSR count). The van der Waals surface area contributed by atoms with Gasteiger partial charge in [-0.05, 0) is 30.5 Å². The van der Waals surface area contributed by atoms with Crippen LogP contribution < -0.4 is 16.2 Å². The molecule has 0 aliphatic carbocycles. The Bertz CT molecular complexity index is 1320. The molecule has 0 unspecified atom stereocenters. The van der Waals surface area contributed by atoms with Gasteiger partial charge in [0, 0.05) is 11.5 Å². The molecule has 3 aromatic carbocycles. The van der Waals surface area contributed by atoms with Crippen LogP contribution in [0.1, 0.15) is 5.56 Å². The highest BCUT2D eigenvalue weighted by Crippen LogP contribution is 2.36. The lowest BCUT2D eigenvalue weighted by atomic mass is 10.1. The number of nitrogens with two attached hydrogens (primary N) is 2. The van der Waals surface area contributed by atoms with Crippen molar-refractivity contribution in [1.82, 2.24) is 0 Å². The summed E-state index contributed by atoms with van der Waals surface area (Å²) in [6.07, 6.45) is 0. The van der Waals surface area contributed by atoms with Crippen LogP contribution in [0.25, 0.3) is 10.8 Å². The van der Waals surface area contributed by atoms with Crippen molar-refractivity contribution in [2.24, 2.45) is 0 Å². The summed E-state index contributed by atoms with van der Waals surface area (Å²) < 4.78 is 66.2. The Labute approximate surface area is 173 Å². The average Bonchev–Trinajstić information content (AvgIpc) is 2.63. The highest BCUT2D eigenvalue weighted by molar-refractivity contribution is 7.86. The quantitative estimate of drug-likeness (QED) is 0.222. The number of methoxy groups -OCH3 is 1. The molecule has 10 nitrogen and oxygen atoms in total. The van der Waals surface area contributed by atoms with Crippen LogP contribution in [0.3, 0.4) is 0 Å². The van der Waals surface area contributed by atoms with Crippen LogP contribution in [0.15, 0.2) is 52.3 Å². The zero-order valence-electron chi connectivity index (χ0n) is 15.9. The molecule has 0 spiro atoms. The minimum absolute atomic E-state index is 0.0108. The van der Waals surface area contributed by atoms with Crippen LogP contribution in [0, 0.1) is 6.92 Å². The molecule has 0 aliphatic rings. The Kier molecular flexibility index (Phi) is 6.47. The van der Waals surface area contributed by atoms with Crippen molar-refractivity contribution in [2.45, 2.75) is 16.7 Å². The third kappa shape index (κ3) is 5.10. The summed E-state index contributed by atoms with van der Waals surface area (Å²) in [6, 6.07) is 10.4. The van der Waals surface area contributed by atoms with E-state index in [1.165, 1.54) is 25.3 Å². The van der Waals surface area contributed by atoms with Crippen LogP contribution in [0.5, 0.6) is 11.5 Å². The van der Waals surface area contributed by atoms with Gasteiger partial charge in [0.2, 0.25) is 0 Å². The van der Waals surface area contributed by atoms with E-state index < -0.39 is 25.1 Å². The number of aromatic hydroxyl groups is 1. The fourth-order valence-electron chi connectivity index (χ4n) is 2.58. The van der Waals surface area contributed by atoms with Gasteiger partial charge in [0.05, 0.1) is 18.5 Å². The molecule has 0 saturated heterocycles. The van der Waals surface area contributed by atoms with Crippen LogP contribution >= 0.6 is 0 Å². The van der Waals surface area contributed by atoms with Gasteiger partial charge in [-0.25, -0.2) is 0 Å². The van der Waals surface area contributed by atoms with Crippen LogP contribution in [0.4, 0.5) is 11.4 Å². The van der Waals surface area contributed by atoms with Crippen molar-refractivity contribution in [1.29, 1.82) is 0 Å². The van der Waals surface area contributed by atoms with Gasteiger partial charge in [-0.3, -0.25) is 9.11 Å². The normalized spacial score (nSPS) is 11.6. The van der Waals surface area contributed by atoms with Crippen molar-refractivity contribution in [3.05, 3.63) is 48.0 Å². The molecule has 30 heavy (non-hydrogen) atoms. The summed E-state index contributed by atoms with van der Waals surface area (Å²) >= 11 is 0. The number of phenols is 1. The molecule has 162 valence electrons. The smallest absolute Gasteiger partial charge is 0.296 e. The zero-order chi connectivity index (χ0) is 22.9. The van der Waals surface area contributed by atoms with E-state index in [9.17, 15) is 21.9 Å². The molecule has 0 atom stereocenters. The summed E-state index contributed by atoms with van der Waals surface area (Å²) in [5.74, 6) is -0.0167. The molecule has 0 radical (unpaired) electrons. The molecule has 7 N–H and O–H groups in total. The second-order valence-corrected chi connectivity index (χ2v) is 9.00. The SMILES string of the molecule is COc1ccc(N)c(S(=O)(=O)O)c1.Cc1ccc2c(O)c(N)c(S(=O)(=O)O)cc2c1. The summed E-state index contributed by atoms with van der Waals surface area (Å²) in [4.78, 5) is -0.819. The van der Waals surface area contributed by atoms with Crippen molar-refractivity contribution >= 4 is 42.4 Å². The van der Waals surface area contributed by atoms with E-state index in [1.54, 1.807) is 18.2 Å². The van der Waals surface area contributed by atoms with Gasteiger partial charge in [-0.2, -0.15) is 16.8 Å². The molecular weight excluding hydrogens is 436 g/mol. The summed E-state index contributed by atoms with van der Waals surface area (Å²) in [6.45, 7) is 1.83. The Balaban J connectivity index is 0.000000222. The van der Waals surface area contributed by atoms with Gasteiger partial charge in [0.25, 0.3) is 20.2 Å². The molecule has 12 heteroatoms. The Hall–Kier alpha value is -3.06. The number of nitrogen functional groups attached to an aromatic ring is 2. The molecule has 0 bridgehead atoms. The van der Waals surface area contributed by atoms with Crippen LogP contribution in [-0.4, -0.2) is 38.2 Å². The lowest BCUT2D eigenvalue weighted by Crippen LogP contribution is -2.03. The van der Waals surface area contributed by atoms with Gasteiger partial charge in [-0.1, -0.05) is 23.8 Å². The van der Waals surface area contributed by atoms with Crippen LogP contribution in [-0.2, 0) is 20.2 Å². The maximum atomic E-state index is 11.1. The number of fused-ring (bicyclic) bond motifs is 1. The van der Waals surface area contributed by atoms with E-state index in [-0.39, 0.29) is 22.0 Å². The number of hydrogen-bond acceptors (Lipinski definition) is 8. The maximum Gasteiger partial charge on any atom is 0.296 e. The van der Waals surface area contributed by atoms with Crippen molar-refractivity contribution in [2.75, 3.05) is 18.6 Å². The lowest BCUT2D eigenvalue weighted by molar-refractivity contribution is 0.412. The molecular formula is C18H20N2O8S2. The van der Waals surface area contributed by atoms with E-state index in [0.717, 1.165) is 11.6 Å². The second-order valence-electron chi connectivity index (χ2n) is 6.22. The predicted octanol–water partition coefficient (Wildman–Crippen LogP) is 2.21. The highest BCUT2D eigenvalue weighted by Gasteiger charge is 2.19. The second kappa shape index (κ2) is 8.36. The molecule has 0 fully saturated rings. The summed E-state index contributed by atoms with van der Waals surface area (Å²) in [5, 5.41) is 10.7. The molecule has 0 heterocycles. The number of aryl methyl sites for hydroxylation is 1. The fraction of sp³-hybridized carbons (Fsp3) is 0.111. The number of anilines is 2. The lowest BCUT2D eigenvalue weighted by Gasteiger charge is -2.09. The van der Waals surface area contributed by atoms with Crippen molar-refractivity contribution in [3.8, 4) is 11.5 Å². The molecule has 0 aliphatic heterocycles. The predicted molar refractivity (Wildman–Crippen MR) is 112 cm³/mol. The van der Waals surface area contributed by atoms with Gasteiger partial charge < -0.3 is 21.3 Å². The number of rotatable bonds is 3. The van der Waals surface area contributed by atoms with Gasteiger partial charge in [0.1, 0.15) is 21.3 Å². The number of benzene rings is 3. The van der Waals surface area contributed by atoms with Crippen molar-refractivity contribution < 1.29 is 35.8 Å². The standard InChI is InChI=1S/C11H11NO4S.C7H9NO4S/c1-6-2-3-8-7(4-6)5-9(17(14,15)16)10(12)11(8)13;1-12-5-2-3-6(8)7(4-5)13(9,10)11/h2-5,13H,12H2,1H3,(H,14,15,16);2-4H,8H2,1H3,(H,9,10,11). The van der Waals surface area contributed by atoms with E-state index in [1.807, 2.05) is 6.92 Å². The number of hydrogen-bond donors (Lipinski definition) is 5. The van der Waals surface area contributed by atoms with Crippen LogP contribution in [0.2, 0.25) is 0 Å². The Morgan fingerprint density at radius 3 is 2.00 bits per heavy atom. The number of ether oxygens (including phenoxy) is 1. The van der Waals surface area contributed by atoms with E-state index in [2.05, 4.69) is 0 Å². The van der Waals surface area contributed by atoms with Gasteiger partial charge >= 0.3 is 0 Å². The minimum atomic E-state index is -4.45. The van der Waals surface area contributed by atoms with Gasteiger partial charge in [0.15, 0.2) is 0 Å². The largest absolute Gasteiger partial charge is 0.505 e. The monoisotopic (exact) mass is 456 g/mol. The third-order valence-corrected chi connectivity index (χ3v) is 5.85. The maximum absolute atomic E-state index is 11.1.